The van der Waals surface area contributed by atoms with Gasteiger partial charge in [-0.1, -0.05) is 0 Å². The molecule has 1 fully saturated rings. The van der Waals surface area contributed by atoms with E-state index in [1.807, 2.05) is 13.1 Å². The van der Waals surface area contributed by atoms with Crippen molar-refractivity contribution >= 4 is 28.0 Å². The quantitative estimate of drug-likeness (QED) is 0.861. The lowest BCUT2D eigenvalue weighted by Crippen LogP contribution is -2.32. The average Bonchev–Trinajstić information content (AvgIpc) is 3.05. The minimum absolute atomic E-state index is 0.106. The molecule has 2 aliphatic heterocycles. The van der Waals surface area contributed by atoms with Crippen LogP contribution in [0, 0.1) is 0 Å². The molecular formula is C19H24N2O4S. The van der Waals surface area contributed by atoms with Crippen molar-refractivity contribution in [2.75, 3.05) is 0 Å². The third-order valence-electron chi connectivity index (χ3n) is 5.24. The summed E-state index contributed by atoms with van der Waals surface area (Å²) < 4.78 is 20.4. The number of carboxylic acid groups (broad SMARTS) is 1. The summed E-state index contributed by atoms with van der Waals surface area (Å²) in [5, 5.41) is 14.3. The normalized spacial score (nSPS) is 23.2. The van der Waals surface area contributed by atoms with Crippen molar-refractivity contribution in [3.05, 3.63) is 29.0 Å². The van der Waals surface area contributed by atoms with Crippen LogP contribution in [0.1, 0.15) is 61.3 Å². The predicted molar refractivity (Wildman–Crippen MR) is 99.7 cm³/mol. The maximum atomic E-state index is 12.8. The lowest BCUT2D eigenvalue weighted by molar-refractivity contribution is 0.0693. The van der Waals surface area contributed by atoms with Gasteiger partial charge in [-0.05, 0) is 51.3 Å². The van der Waals surface area contributed by atoms with Crippen molar-refractivity contribution in [3.63, 3.8) is 0 Å². The Morgan fingerprint density at radius 3 is 2.73 bits per heavy atom. The highest BCUT2D eigenvalue weighted by Gasteiger charge is 2.38. The van der Waals surface area contributed by atoms with Crippen LogP contribution >= 0.6 is 0 Å². The zero-order valence-corrected chi connectivity index (χ0v) is 16.3. The van der Waals surface area contributed by atoms with E-state index < -0.39 is 22.7 Å². The zero-order chi connectivity index (χ0) is 18.8. The van der Waals surface area contributed by atoms with Gasteiger partial charge in [0.25, 0.3) is 0 Å². The van der Waals surface area contributed by atoms with E-state index in [1.165, 1.54) is 5.69 Å². The molecule has 26 heavy (non-hydrogen) atoms. The first-order valence-corrected chi connectivity index (χ1v) is 9.99. The molecule has 1 aromatic heterocycles. The Bertz CT molecular complexity index is 941. The van der Waals surface area contributed by atoms with Gasteiger partial charge in [-0.25, -0.2) is 9.00 Å². The third-order valence-corrected chi connectivity index (χ3v) is 6.59. The van der Waals surface area contributed by atoms with Crippen molar-refractivity contribution in [3.8, 4) is 0 Å². The van der Waals surface area contributed by atoms with Gasteiger partial charge in [0, 0.05) is 42.1 Å². The minimum Gasteiger partial charge on any atom is -0.478 e. The topological polar surface area (TPSA) is 80.6 Å². The van der Waals surface area contributed by atoms with Gasteiger partial charge in [0.05, 0.1) is 16.1 Å². The van der Waals surface area contributed by atoms with Gasteiger partial charge in [0.15, 0.2) is 11.1 Å². The maximum Gasteiger partial charge on any atom is 0.337 e. The second-order valence-electron chi connectivity index (χ2n) is 8.19. The van der Waals surface area contributed by atoms with Crippen molar-refractivity contribution in [1.82, 2.24) is 9.88 Å². The van der Waals surface area contributed by atoms with E-state index in [2.05, 4.69) is 9.88 Å². The highest BCUT2D eigenvalue weighted by Crippen LogP contribution is 2.43. The Balaban J connectivity index is 1.98. The monoisotopic (exact) mass is 376 g/mol. The maximum absolute atomic E-state index is 12.8. The Kier molecular flexibility index (Phi) is 4.02. The molecule has 4 rings (SSSR count). The molecule has 0 radical (unpaired) electrons. The number of nitrogens with one attached hydrogen (secondary N) is 1. The van der Waals surface area contributed by atoms with Crippen LogP contribution in [-0.4, -0.2) is 31.5 Å². The van der Waals surface area contributed by atoms with Crippen LogP contribution in [0.5, 0.6) is 0 Å². The van der Waals surface area contributed by atoms with E-state index in [-0.39, 0.29) is 16.5 Å². The molecule has 140 valence electrons. The molecule has 1 saturated heterocycles. The van der Waals surface area contributed by atoms with E-state index in [0.717, 1.165) is 30.3 Å². The number of carboxylic acids is 1. The van der Waals surface area contributed by atoms with Crippen LogP contribution in [-0.2, 0) is 28.7 Å². The van der Waals surface area contributed by atoms with Gasteiger partial charge < -0.3 is 15.0 Å². The molecule has 2 aromatic rings. The van der Waals surface area contributed by atoms with Crippen molar-refractivity contribution in [2.45, 2.75) is 62.6 Å². The van der Waals surface area contributed by atoms with E-state index in [0.29, 0.717) is 11.4 Å². The molecule has 6 nitrogen and oxygen atoms in total. The lowest BCUT2D eigenvalue weighted by Gasteiger charge is -2.23. The summed E-state index contributed by atoms with van der Waals surface area (Å²) in [6, 6.07) is 4.12. The Hall–Kier alpha value is -1.70. The van der Waals surface area contributed by atoms with Crippen molar-refractivity contribution in [1.29, 1.82) is 0 Å². The lowest BCUT2D eigenvalue weighted by atomic mass is 9.96. The standard InChI is InChI=1S/C19H24N2O4S/c1-19(2,3)25-26(24)14-8-7-12-16(17(14)18(22)23)15-11-6-5-10(20-11)9-13(15)21(12)4/h7-8,10-11,20H,5-6,9H2,1-4H3,(H,22,23). The number of aromatic carboxylic acids is 1. The highest BCUT2D eigenvalue weighted by molar-refractivity contribution is 7.80. The minimum atomic E-state index is -1.85. The molecule has 7 heteroatoms. The molecule has 0 saturated carbocycles. The number of hydrogen-bond donors (Lipinski definition) is 2. The molecule has 3 unspecified atom stereocenters. The fraction of sp³-hybridized carbons (Fsp3) is 0.526. The molecule has 2 N–H and O–H groups in total. The number of hydrogen-bond acceptors (Lipinski definition) is 4. The fourth-order valence-corrected chi connectivity index (χ4v) is 5.36. The van der Waals surface area contributed by atoms with Gasteiger partial charge in [0.1, 0.15) is 0 Å². The summed E-state index contributed by atoms with van der Waals surface area (Å²) in [5.74, 6) is -1.06. The molecule has 0 spiro atoms. The number of nitrogens with zero attached hydrogens (tertiary/aromatic N) is 1. The Morgan fingerprint density at radius 1 is 1.35 bits per heavy atom. The van der Waals surface area contributed by atoms with Gasteiger partial charge >= 0.3 is 5.97 Å². The number of benzene rings is 1. The number of aryl methyl sites for hydroxylation is 1. The van der Waals surface area contributed by atoms with Gasteiger partial charge in [-0.15, -0.1) is 0 Å². The SMILES string of the molecule is Cn1c2c(c3c(C(=O)O)c(S(=O)OC(C)(C)C)ccc31)C1CCC(C2)N1. The van der Waals surface area contributed by atoms with Crippen LogP contribution < -0.4 is 5.32 Å². The second-order valence-corrected chi connectivity index (χ2v) is 9.26. The summed E-state index contributed by atoms with van der Waals surface area (Å²) in [7, 11) is 1.99. The van der Waals surface area contributed by atoms with Crippen LogP contribution in [0.3, 0.4) is 0 Å². The fourth-order valence-electron chi connectivity index (χ4n) is 4.28. The number of carbonyl (C=O) groups is 1. The molecule has 3 atom stereocenters. The molecule has 0 amide bonds. The summed E-state index contributed by atoms with van der Waals surface area (Å²) in [6.07, 6.45) is 3.00. The number of rotatable bonds is 3. The molecule has 2 aliphatic rings. The van der Waals surface area contributed by atoms with E-state index in [4.69, 9.17) is 4.18 Å². The zero-order valence-electron chi connectivity index (χ0n) is 15.5. The summed E-state index contributed by atoms with van der Waals surface area (Å²) in [5.41, 5.74) is 2.59. The van der Waals surface area contributed by atoms with Crippen molar-refractivity contribution in [2.24, 2.45) is 7.05 Å². The van der Waals surface area contributed by atoms with Crippen LogP contribution in [0.2, 0.25) is 0 Å². The largest absolute Gasteiger partial charge is 0.478 e. The summed E-state index contributed by atoms with van der Waals surface area (Å²) >= 11 is -1.85. The molecular weight excluding hydrogens is 352 g/mol. The van der Waals surface area contributed by atoms with Crippen LogP contribution in [0.15, 0.2) is 17.0 Å². The average molecular weight is 376 g/mol. The number of aromatic nitrogens is 1. The highest BCUT2D eigenvalue weighted by atomic mass is 32.2. The molecule has 2 bridgehead atoms. The van der Waals surface area contributed by atoms with E-state index >= 15 is 0 Å². The number of fused-ring (bicyclic) bond motifs is 6. The van der Waals surface area contributed by atoms with Crippen LogP contribution in [0.4, 0.5) is 0 Å². The second kappa shape index (κ2) is 5.90. The molecule has 0 aliphatic carbocycles. The summed E-state index contributed by atoms with van der Waals surface area (Å²) in [6.45, 7) is 5.41. The smallest absolute Gasteiger partial charge is 0.337 e. The summed E-state index contributed by atoms with van der Waals surface area (Å²) in [4.78, 5) is 12.4. The van der Waals surface area contributed by atoms with Gasteiger partial charge in [-0.2, -0.15) is 0 Å². The van der Waals surface area contributed by atoms with Crippen LogP contribution in [0.25, 0.3) is 10.9 Å². The third kappa shape index (κ3) is 2.69. The van der Waals surface area contributed by atoms with Gasteiger partial charge in [-0.3, -0.25) is 4.18 Å². The van der Waals surface area contributed by atoms with Gasteiger partial charge in [0.2, 0.25) is 0 Å². The Morgan fingerprint density at radius 2 is 2.08 bits per heavy atom. The Labute approximate surface area is 155 Å². The van der Waals surface area contributed by atoms with Crippen molar-refractivity contribution < 1.29 is 18.3 Å². The predicted octanol–water partition coefficient (Wildman–Crippen LogP) is 3.06. The van der Waals surface area contributed by atoms with E-state index in [9.17, 15) is 14.1 Å². The molecule has 3 heterocycles. The molecule has 1 aromatic carbocycles. The first-order valence-electron chi connectivity index (χ1n) is 8.92. The van der Waals surface area contributed by atoms with E-state index in [1.54, 1.807) is 26.8 Å². The first-order chi connectivity index (χ1) is 12.2. The first kappa shape index (κ1) is 17.7.